The number of fused-ring (bicyclic) bond motifs is 1. The van der Waals surface area contributed by atoms with Crippen molar-refractivity contribution in [3.05, 3.63) is 65.0 Å². The third-order valence-electron chi connectivity index (χ3n) is 4.15. The topological polar surface area (TPSA) is 38.9 Å². The Balaban J connectivity index is 1.81. The summed E-state index contributed by atoms with van der Waals surface area (Å²) in [6.45, 7) is 0. The maximum atomic E-state index is 13.3. The molecule has 0 radical (unpaired) electrons. The van der Waals surface area contributed by atoms with Crippen molar-refractivity contribution < 1.29 is 8.78 Å². The number of rotatable bonds is 3. The summed E-state index contributed by atoms with van der Waals surface area (Å²) in [6, 6.07) is 7.43. The van der Waals surface area contributed by atoms with Gasteiger partial charge < -0.3 is 5.73 Å². The van der Waals surface area contributed by atoms with Gasteiger partial charge in [-0.3, -0.25) is 4.98 Å². The van der Waals surface area contributed by atoms with Gasteiger partial charge in [-0.25, -0.2) is 8.78 Å². The van der Waals surface area contributed by atoms with Gasteiger partial charge in [-0.1, -0.05) is 6.07 Å². The first-order valence-electron chi connectivity index (χ1n) is 7.28. The van der Waals surface area contributed by atoms with Gasteiger partial charge in [0.15, 0.2) is 0 Å². The van der Waals surface area contributed by atoms with Crippen LogP contribution in [0.15, 0.2) is 36.5 Å². The van der Waals surface area contributed by atoms with Crippen LogP contribution in [0.5, 0.6) is 0 Å². The number of aryl methyl sites for hydroxylation is 1. The largest absolute Gasteiger partial charge is 0.327 e. The Morgan fingerprint density at radius 2 is 2.00 bits per heavy atom. The lowest BCUT2D eigenvalue weighted by atomic mass is 9.80. The minimum absolute atomic E-state index is 0.154. The average Bonchev–Trinajstić information content (AvgIpc) is 2.45. The Morgan fingerprint density at radius 3 is 2.76 bits per heavy atom. The van der Waals surface area contributed by atoms with Crippen LogP contribution < -0.4 is 5.73 Å². The summed E-state index contributed by atoms with van der Waals surface area (Å²) in [6.07, 6.45) is 5.32. The van der Waals surface area contributed by atoms with Gasteiger partial charge in [0.2, 0.25) is 0 Å². The van der Waals surface area contributed by atoms with Gasteiger partial charge in [0, 0.05) is 29.9 Å². The van der Waals surface area contributed by atoms with Crippen molar-refractivity contribution in [2.75, 3.05) is 0 Å². The predicted octanol–water partition coefficient (Wildman–Crippen LogP) is 3.35. The summed E-state index contributed by atoms with van der Waals surface area (Å²) in [5.41, 5.74) is 9.20. The highest BCUT2D eigenvalue weighted by molar-refractivity contribution is 5.28. The molecule has 4 heteroatoms. The number of hydrogen-bond donors (Lipinski definition) is 1. The van der Waals surface area contributed by atoms with Crippen molar-refractivity contribution >= 4 is 0 Å². The minimum Gasteiger partial charge on any atom is -0.327 e. The van der Waals surface area contributed by atoms with Crippen LogP contribution in [-0.2, 0) is 12.8 Å². The summed E-state index contributed by atoms with van der Waals surface area (Å²) >= 11 is 0. The van der Waals surface area contributed by atoms with Crippen molar-refractivity contribution in [2.24, 2.45) is 5.73 Å². The lowest BCUT2D eigenvalue weighted by molar-refractivity contribution is 0.448. The lowest BCUT2D eigenvalue weighted by Crippen LogP contribution is -2.33. The summed E-state index contributed by atoms with van der Waals surface area (Å²) in [4.78, 5) is 4.47. The van der Waals surface area contributed by atoms with Crippen LogP contribution in [0.2, 0.25) is 0 Å². The van der Waals surface area contributed by atoms with Gasteiger partial charge in [0.05, 0.1) is 0 Å². The molecule has 2 N–H and O–H groups in total. The fraction of sp³-hybridized carbons (Fsp3) is 0.353. The first-order chi connectivity index (χ1) is 10.1. The van der Waals surface area contributed by atoms with E-state index in [-0.39, 0.29) is 12.0 Å². The standard InChI is InChI=1S/C17H18F2N2/c18-13-7-11(8-14(19)10-13)9-16(20)15-5-1-3-12-4-2-6-21-17(12)15/h2,4,6-8,10,15-16H,1,3,5,9,20H2. The molecular formula is C17H18F2N2. The summed E-state index contributed by atoms with van der Waals surface area (Å²) in [7, 11) is 0. The van der Waals surface area contributed by atoms with Crippen LogP contribution in [0.4, 0.5) is 8.78 Å². The number of aromatic nitrogens is 1. The summed E-state index contributed by atoms with van der Waals surface area (Å²) < 4.78 is 26.5. The van der Waals surface area contributed by atoms with Crippen LogP contribution in [-0.4, -0.2) is 11.0 Å². The number of nitrogens with two attached hydrogens (primary N) is 1. The Bertz CT molecular complexity index is 622. The molecule has 1 aromatic heterocycles. The van der Waals surface area contributed by atoms with Gasteiger partial charge in [-0.2, -0.15) is 0 Å². The van der Waals surface area contributed by atoms with Gasteiger partial charge in [-0.05, 0) is 55.0 Å². The molecule has 2 nitrogen and oxygen atoms in total. The summed E-state index contributed by atoms with van der Waals surface area (Å²) in [5, 5.41) is 0. The van der Waals surface area contributed by atoms with Crippen LogP contribution >= 0.6 is 0 Å². The zero-order chi connectivity index (χ0) is 14.8. The average molecular weight is 288 g/mol. The van der Waals surface area contributed by atoms with E-state index in [4.69, 9.17) is 5.73 Å². The highest BCUT2D eigenvalue weighted by Crippen LogP contribution is 2.32. The molecule has 0 fully saturated rings. The van der Waals surface area contributed by atoms with E-state index in [2.05, 4.69) is 11.1 Å². The van der Waals surface area contributed by atoms with E-state index in [1.165, 1.54) is 17.7 Å². The molecule has 2 atom stereocenters. The Hall–Kier alpha value is -1.81. The van der Waals surface area contributed by atoms with Crippen LogP contribution in [0, 0.1) is 11.6 Å². The van der Waals surface area contributed by atoms with Crippen molar-refractivity contribution in [2.45, 2.75) is 37.6 Å². The van der Waals surface area contributed by atoms with Crippen LogP contribution in [0.3, 0.4) is 0 Å². The van der Waals surface area contributed by atoms with E-state index in [1.54, 1.807) is 6.20 Å². The van der Waals surface area contributed by atoms with Gasteiger partial charge in [0.25, 0.3) is 0 Å². The molecule has 0 saturated carbocycles. The minimum atomic E-state index is -0.556. The SMILES string of the molecule is NC(Cc1cc(F)cc(F)c1)C1CCCc2cccnc21. The molecule has 1 aliphatic carbocycles. The fourth-order valence-corrected chi connectivity index (χ4v) is 3.21. The van der Waals surface area contributed by atoms with E-state index in [1.807, 2.05) is 6.07 Å². The molecule has 1 heterocycles. The second-order valence-corrected chi connectivity index (χ2v) is 5.69. The summed E-state index contributed by atoms with van der Waals surface area (Å²) in [5.74, 6) is -0.958. The molecule has 0 amide bonds. The van der Waals surface area contributed by atoms with E-state index >= 15 is 0 Å². The lowest BCUT2D eigenvalue weighted by Gasteiger charge is -2.29. The molecule has 0 spiro atoms. The molecule has 3 rings (SSSR count). The number of nitrogens with zero attached hydrogens (tertiary/aromatic N) is 1. The molecule has 2 unspecified atom stereocenters. The van der Waals surface area contributed by atoms with E-state index in [0.29, 0.717) is 12.0 Å². The third-order valence-corrected chi connectivity index (χ3v) is 4.15. The zero-order valence-corrected chi connectivity index (χ0v) is 11.7. The van der Waals surface area contributed by atoms with Crippen molar-refractivity contribution in [1.82, 2.24) is 4.98 Å². The molecule has 0 saturated heterocycles. The Kier molecular flexibility index (Phi) is 3.97. The van der Waals surface area contributed by atoms with Gasteiger partial charge in [0.1, 0.15) is 11.6 Å². The predicted molar refractivity (Wildman–Crippen MR) is 78.0 cm³/mol. The molecule has 1 aromatic carbocycles. The molecule has 110 valence electrons. The highest BCUT2D eigenvalue weighted by atomic mass is 19.1. The van der Waals surface area contributed by atoms with Crippen LogP contribution in [0.25, 0.3) is 0 Å². The van der Waals surface area contributed by atoms with Crippen molar-refractivity contribution in [1.29, 1.82) is 0 Å². The van der Waals surface area contributed by atoms with Crippen molar-refractivity contribution in [3.8, 4) is 0 Å². The smallest absolute Gasteiger partial charge is 0.126 e. The third kappa shape index (κ3) is 3.10. The van der Waals surface area contributed by atoms with Crippen molar-refractivity contribution in [3.63, 3.8) is 0 Å². The maximum absolute atomic E-state index is 13.3. The first kappa shape index (κ1) is 14.1. The normalized spacial score (nSPS) is 19.1. The second kappa shape index (κ2) is 5.90. The van der Waals surface area contributed by atoms with Crippen LogP contribution in [0.1, 0.15) is 35.6 Å². The molecular weight excluding hydrogens is 270 g/mol. The quantitative estimate of drug-likeness (QED) is 0.940. The van der Waals surface area contributed by atoms with E-state index in [0.717, 1.165) is 31.0 Å². The zero-order valence-electron chi connectivity index (χ0n) is 11.7. The number of hydrogen-bond acceptors (Lipinski definition) is 2. The number of halogens is 2. The maximum Gasteiger partial charge on any atom is 0.126 e. The fourth-order valence-electron chi connectivity index (χ4n) is 3.21. The van der Waals surface area contributed by atoms with E-state index in [9.17, 15) is 8.78 Å². The molecule has 2 aromatic rings. The molecule has 1 aliphatic rings. The van der Waals surface area contributed by atoms with Gasteiger partial charge >= 0.3 is 0 Å². The number of benzene rings is 1. The van der Waals surface area contributed by atoms with Gasteiger partial charge in [-0.15, -0.1) is 0 Å². The molecule has 0 aliphatic heterocycles. The molecule has 21 heavy (non-hydrogen) atoms. The second-order valence-electron chi connectivity index (χ2n) is 5.69. The molecule has 0 bridgehead atoms. The Morgan fingerprint density at radius 1 is 1.24 bits per heavy atom. The Labute approximate surface area is 123 Å². The number of pyridine rings is 1. The highest BCUT2D eigenvalue weighted by Gasteiger charge is 2.27. The monoisotopic (exact) mass is 288 g/mol. The van der Waals surface area contributed by atoms with E-state index < -0.39 is 11.6 Å². The first-order valence-corrected chi connectivity index (χ1v) is 7.28.